The van der Waals surface area contributed by atoms with Crippen molar-refractivity contribution in [1.29, 1.82) is 5.26 Å². The summed E-state index contributed by atoms with van der Waals surface area (Å²) in [4.78, 5) is 0. The van der Waals surface area contributed by atoms with E-state index in [0.717, 1.165) is 12.0 Å². The van der Waals surface area contributed by atoms with Gasteiger partial charge in [0.25, 0.3) is 0 Å². The van der Waals surface area contributed by atoms with E-state index >= 15 is 0 Å². The highest BCUT2D eigenvalue weighted by molar-refractivity contribution is 5.16. The molecule has 1 heteroatoms. The predicted octanol–water partition coefficient (Wildman–Crippen LogP) is 3.82. The van der Waals surface area contributed by atoms with Crippen LogP contribution >= 0.6 is 0 Å². The van der Waals surface area contributed by atoms with Crippen LogP contribution in [-0.2, 0) is 0 Å². The van der Waals surface area contributed by atoms with Crippen molar-refractivity contribution in [3.05, 3.63) is 11.6 Å². The van der Waals surface area contributed by atoms with Crippen LogP contribution in [0.2, 0.25) is 0 Å². The minimum atomic E-state index is 0.852. The molecule has 0 unspecified atom stereocenters. The molecule has 0 atom stereocenters. The van der Waals surface area contributed by atoms with E-state index in [4.69, 9.17) is 5.26 Å². The largest absolute Gasteiger partial charge is 0.193 e. The van der Waals surface area contributed by atoms with Gasteiger partial charge in [-0.05, 0) is 19.8 Å². The van der Waals surface area contributed by atoms with Crippen molar-refractivity contribution < 1.29 is 0 Å². The molecule has 0 aliphatic carbocycles. The fourth-order valence-corrected chi connectivity index (χ4v) is 1.11. The van der Waals surface area contributed by atoms with E-state index in [2.05, 4.69) is 13.0 Å². The monoisotopic (exact) mass is 165 g/mol. The molecule has 0 aliphatic heterocycles. The Morgan fingerprint density at radius 1 is 1.25 bits per heavy atom. The van der Waals surface area contributed by atoms with Crippen LogP contribution in [0.5, 0.6) is 0 Å². The Morgan fingerprint density at radius 3 is 2.50 bits per heavy atom. The lowest BCUT2D eigenvalue weighted by Gasteiger charge is -1.95. The van der Waals surface area contributed by atoms with E-state index < -0.39 is 0 Å². The van der Waals surface area contributed by atoms with Crippen molar-refractivity contribution in [1.82, 2.24) is 0 Å². The molecule has 0 heterocycles. The Hall–Kier alpha value is -0.770. The second-order valence-corrected chi connectivity index (χ2v) is 3.20. The van der Waals surface area contributed by atoms with E-state index in [1.54, 1.807) is 0 Å². The Labute approximate surface area is 76.1 Å². The zero-order valence-corrected chi connectivity index (χ0v) is 8.27. The lowest BCUT2D eigenvalue weighted by Crippen LogP contribution is -1.77. The number of hydrogen-bond donors (Lipinski definition) is 0. The van der Waals surface area contributed by atoms with Gasteiger partial charge < -0.3 is 0 Å². The van der Waals surface area contributed by atoms with Crippen molar-refractivity contribution in [2.24, 2.45) is 0 Å². The van der Waals surface area contributed by atoms with Gasteiger partial charge in [0.15, 0.2) is 0 Å². The topological polar surface area (TPSA) is 23.8 Å². The molecule has 12 heavy (non-hydrogen) atoms. The molecule has 0 radical (unpaired) electrons. The van der Waals surface area contributed by atoms with Crippen molar-refractivity contribution in [3.8, 4) is 6.07 Å². The molecule has 0 N–H and O–H groups in total. The van der Waals surface area contributed by atoms with Crippen molar-refractivity contribution in [3.63, 3.8) is 0 Å². The highest BCUT2D eigenvalue weighted by atomic mass is 14.2. The zero-order valence-electron chi connectivity index (χ0n) is 8.27. The first-order chi connectivity index (χ1) is 5.81. The van der Waals surface area contributed by atoms with Gasteiger partial charge in [0, 0.05) is 5.57 Å². The molecule has 1 nitrogen and oxygen atoms in total. The first-order valence-electron chi connectivity index (χ1n) is 4.88. The highest BCUT2D eigenvalue weighted by Gasteiger charge is 1.87. The average Bonchev–Trinajstić information content (AvgIpc) is 2.10. The fraction of sp³-hybridized carbons (Fsp3) is 0.727. The van der Waals surface area contributed by atoms with E-state index in [1.807, 2.05) is 13.0 Å². The first-order valence-corrected chi connectivity index (χ1v) is 4.88. The summed E-state index contributed by atoms with van der Waals surface area (Å²) in [6.07, 6.45) is 9.64. The smallest absolute Gasteiger partial charge is 0.0940 e. The van der Waals surface area contributed by atoms with E-state index in [1.165, 1.54) is 32.1 Å². The van der Waals surface area contributed by atoms with Crippen LogP contribution in [-0.4, -0.2) is 0 Å². The number of unbranched alkanes of at least 4 members (excludes halogenated alkanes) is 5. The molecule has 0 saturated carbocycles. The van der Waals surface area contributed by atoms with Crippen LogP contribution < -0.4 is 0 Å². The normalized spacial score (nSPS) is 11.2. The number of hydrogen-bond acceptors (Lipinski definition) is 1. The Kier molecular flexibility index (Phi) is 7.79. The second kappa shape index (κ2) is 8.33. The first kappa shape index (κ1) is 11.2. The summed E-state index contributed by atoms with van der Waals surface area (Å²) in [5.41, 5.74) is 0.852. The molecule has 0 amide bonds. The van der Waals surface area contributed by atoms with E-state index in [9.17, 15) is 0 Å². The lowest BCUT2D eigenvalue weighted by molar-refractivity contribution is 0.637. The Balaban J connectivity index is 3.17. The minimum absolute atomic E-state index is 0.852. The Bertz CT molecular complexity index is 162. The maximum absolute atomic E-state index is 8.46. The van der Waals surface area contributed by atoms with Gasteiger partial charge >= 0.3 is 0 Å². The van der Waals surface area contributed by atoms with Crippen LogP contribution in [0.15, 0.2) is 11.6 Å². The molecule has 0 spiro atoms. The molecule has 0 fully saturated rings. The number of nitrogens with zero attached hydrogens (tertiary/aromatic N) is 1. The summed E-state index contributed by atoms with van der Waals surface area (Å²) < 4.78 is 0. The molecule has 0 aromatic heterocycles. The molecule has 0 aromatic carbocycles. The van der Waals surface area contributed by atoms with E-state index in [0.29, 0.717) is 0 Å². The number of rotatable bonds is 6. The van der Waals surface area contributed by atoms with Crippen LogP contribution in [0.1, 0.15) is 52.4 Å². The maximum Gasteiger partial charge on any atom is 0.0940 e. The summed E-state index contributed by atoms with van der Waals surface area (Å²) in [6, 6.07) is 2.13. The molecule has 0 saturated heterocycles. The van der Waals surface area contributed by atoms with Crippen LogP contribution in [0.25, 0.3) is 0 Å². The zero-order chi connectivity index (χ0) is 9.23. The number of allylic oxidation sites excluding steroid dienone is 2. The van der Waals surface area contributed by atoms with Gasteiger partial charge in [-0.25, -0.2) is 0 Å². The lowest BCUT2D eigenvalue weighted by atomic mass is 10.1. The van der Waals surface area contributed by atoms with Crippen LogP contribution in [0.4, 0.5) is 0 Å². The van der Waals surface area contributed by atoms with Gasteiger partial charge in [0.2, 0.25) is 0 Å². The van der Waals surface area contributed by atoms with Crippen LogP contribution in [0, 0.1) is 11.3 Å². The van der Waals surface area contributed by atoms with Crippen LogP contribution in [0.3, 0.4) is 0 Å². The quantitative estimate of drug-likeness (QED) is 0.433. The summed E-state index contributed by atoms with van der Waals surface area (Å²) in [5, 5.41) is 8.46. The SMILES string of the molecule is CCCCCCC/C=C(\C)C#N. The van der Waals surface area contributed by atoms with Crippen molar-refractivity contribution in [2.45, 2.75) is 52.4 Å². The summed E-state index contributed by atoms with van der Waals surface area (Å²) >= 11 is 0. The third kappa shape index (κ3) is 7.34. The maximum atomic E-state index is 8.46. The summed E-state index contributed by atoms with van der Waals surface area (Å²) in [5.74, 6) is 0. The fourth-order valence-electron chi connectivity index (χ4n) is 1.11. The molecular formula is C11H19N. The van der Waals surface area contributed by atoms with Crippen molar-refractivity contribution >= 4 is 0 Å². The third-order valence-electron chi connectivity index (χ3n) is 1.93. The van der Waals surface area contributed by atoms with Gasteiger partial charge in [-0.3, -0.25) is 0 Å². The van der Waals surface area contributed by atoms with Gasteiger partial charge in [0.1, 0.15) is 0 Å². The Morgan fingerprint density at radius 2 is 1.92 bits per heavy atom. The van der Waals surface area contributed by atoms with Gasteiger partial charge in [-0.1, -0.05) is 38.7 Å². The summed E-state index contributed by atoms with van der Waals surface area (Å²) in [7, 11) is 0. The highest BCUT2D eigenvalue weighted by Crippen LogP contribution is 2.06. The molecular weight excluding hydrogens is 146 g/mol. The minimum Gasteiger partial charge on any atom is -0.193 e. The second-order valence-electron chi connectivity index (χ2n) is 3.20. The standard InChI is InChI=1S/C11H19N/c1-3-4-5-6-7-8-9-11(2)10-12/h9H,3-8H2,1-2H3/b11-9+. The van der Waals surface area contributed by atoms with Gasteiger partial charge in [-0.15, -0.1) is 0 Å². The molecule has 0 bridgehead atoms. The van der Waals surface area contributed by atoms with Crippen molar-refractivity contribution in [2.75, 3.05) is 0 Å². The van der Waals surface area contributed by atoms with E-state index in [-0.39, 0.29) is 0 Å². The summed E-state index contributed by atoms with van der Waals surface area (Å²) in [6.45, 7) is 4.09. The molecule has 0 aromatic rings. The molecule has 0 aliphatic rings. The average molecular weight is 165 g/mol. The predicted molar refractivity (Wildman–Crippen MR) is 52.7 cm³/mol. The molecule has 68 valence electrons. The number of nitriles is 1. The van der Waals surface area contributed by atoms with Gasteiger partial charge in [0.05, 0.1) is 6.07 Å². The van der Waals surface area contributed by atoms with Gasteiger partial charge in [-0.2, -0.15) is 5.26 Å². The molecule has 0 rings (SSSR count). The third-order valence-corrected chi connectivity index (χ3v) is 1.93.